The first-order valence-electron chi connectivity index (χ1n) is 32.6. The molecule has 510 valence electrons. The number of carbonyl (C=O) groups is 11. The van der Waals surface area contributed by atoms with Gasteiger partial charge in [-0.2, -0.15) is 0 Å². The van der Waals surface area contributed by atoms with Crippen LogP contribution in [0, 0.1) is 47.3 Å². The number of nitrogens with one attached hydrogen (secondary N) is 5. The molecule has 89 heavy (non-hydrogen) atoms. The highest BCUT2D eigenvalue weighted by molar-refractivity contribution is 6.00. The molecule has 13 atom stereocenters. The predicted octanol–water partition coefficient (Wildman–Crippen LogP) is 4.73. The van der Waals surface area contributed by atoms with Crippen LogP contribution in [-0.2, 0) is 52.7 Å². The molecule has 1 aliphatic rings. The standard InChI is InChI=1S/C66H119N11O12/c1-26-29-30-43(18)55(78)53-59(82)69-46(27-2)62(85)74(23)51(35-40(12)13)65(88)77(28-3)48(32-37(6)7)58(81)70-52(41(14)15)66(89)72(21)47(31-36(4)5)57(80)67-44(19)56(79)68-45(20)61(84)73(22)49(33-38(8)9)63(86)75(24)50(34-39(10)11)64(87)76(25)54(42(16)17)60(83)71-53/h26,29,36-55,78H,27-28,30-35H2,1-25H3,(H,67,80)(H,68,79)(H,69,82)(H,70,81)(H,71,83)/b29-26+/t43?,44-,45+,46-,47-,48-,49-,50-,51-,52-,53-,54-,55?/m0/s1. The number of amides is 11. The fraction of sp³-hybridized carbons (Fsp3) is 0.803. The highest BCUT2D eigenvalue weighted by Crippen LogP contribution is 2.25. The van der Waals surface area contributed by atoms with Crippen molar-refractivity contribution in [2.45, 2.75) is 256 Å². The lowest BCUT2D eigenvalue weighted by Crippen LogP contribution is -2.64. The first-order valence-corrected chi connectivity index (χ1v) is 32.6. The minimum atomic E-state index is -1.67. The maximum Gasteiger partial charge on any atom is 0.246 e. The van der Waals surface area contributed by atoms with Crippen molar-refractivity contribution in [3.63, 3.8) is 0 Å². The summed E-state index contributed by atoms with van der Waals surface area (Å²) in [6, 6.07) is -13.6. The van der Waals surface area contributed by atoms with Crippen molar-refractivity contribution in [3.05, 3.63) is 12.2 Å². The average molecular weight is 1260 g/mol. The summed E-state index contributed by atoms with van der Waals surface area (Å²) in [5.74, 6) is -9.91. The van der Waals surface area contributed by atoms with Crippen LogP contribution in [-0.4, -0.2) is 214 Å². The number of nitrogens with zero attached hydrogens (tertiary/aromatic N) is 6. The molecule has 11 amide bonds. The number of aliphatic hydroxyl groups excluding tert-OH is 1. The SMILES string of the molecule is C/C=C/CC(C)C(O)[C@@H]1NC(=O)[C@H](C(C)C)N(C)C(=O)[C@H](CC(C)C)N(C)C(=O)[C@H](CC(C)C)N(C)C(=O)[C@@H](C)NC(=O)[C@H](C)NC(=O)[C@H](CC(C)C)N(C)C(=O)[C@H](C(C)C)NC(=O)[C@H](CC(C)C)N(CC)C(=O)[C@H](CC(C)C)N(C)C(=O)[C@H](CC)NC1=O. The molecule has 6 N–H and O–H groups in total. The van der Waals surface area contributed by atoms with Gasteiger partial charge < -0.3 is 61.1 Å². The van der Waals surface area contributed by atoms with Crippen LogP contribution in [0.15, 0.2) is 12.2 Å². The zero-order valence-electron chi connectivity index (χ0n) is 59.0. The van der Waals surface area contributed by atoms with E-state index in [1.165, 1.54) is 78.5 Å². The Labute approximate surface area is 534 Å². The van der Waals surface area contributed by atoms with Gasteiger partial charge in [0.25, 0.3) is 0 Å². The Hall–Kier alpha value is -6.13. The van der Waals surface area contributed by atoms with Gasteiger partial charge in [-0.3, -0.25) is 52.7 Å². The van der Waals surface area contributed by atoms with Gasteiger partial charge >= 0.3 is 0 Å². The fourth-order valence-electron chi connectivity index (χ4n) is 11.5. The fourth-order valence-corrected chi connectivity index (χ4v) is 11.5. The molecule has 0 bridgehead atoms. The molecule has 0 saturated carbocycles. The third kappa shape index (κ3) is 23.3. The Bertz CT molecular complexity index is 2410. The van der Waals surface area contributed by atoms with Gasteiger partial charge in [0, 0.05) is 41.8 Å². The van der Waals surface area contributed by atoms with E-state index in [1.807, 2.05) is 69.2 Å². The summed E-state index contributed by atoms with van der Waals surface area (Å²) < 4.78 is 0. The van der Waals surface area contributed by atoms with E-state index < -0.39 is 155 Å². The number of carbonyl (C=O) groups excluding carboxylic acids is 11. The van der Waals surface area contributed by atoms with Gasteiger partial charge in [-0.15, -0.1) is 0 Å². The molecule has 1 rings (SSSR count). The second kappa shape index (κ2) is 37.3. The van der Waals surface area contributed by atoms with Crippen molar-refractivity contribution in [3.8, 4) is 0 Å². The maximum absolute atomic E-state index is 15.3. The van der Waals surface area contributed by atoms with Crippen molar-refractivity contribution in [1.82, 2.24) is 56.0 Å². The Morgan fingerprint density at radius 2 is 0.809 bits per heavy atom. The van der Waals surface area contributed by atoms with Gasteiger partial charge in [0.15, 0.2) is 0 Å². The van der Waals surface area contributed by atoms with Gasteiger partial charge in [0.1, 0.15) is 66.5 Å². The van der Waals surface area contributed by atoms with Gasteiger partial charge in [-0.25, -0.2) is 0 Å². The average Bonchev–Trinajstić information content (AvgIpc) is 2.82. The molecule has 0 spiro atoms. The van der Waals surface area contributed by atoms with Crippen molar-refractivity contribution in [2.24, 2.45) is 47.3 Å². The zero-order valence-corrected chi connectivity index (χ0v) is 59.0. The lowest BCUT2D eigenvalue weighted by Gasteiger charge is -2.40. The third-order valence-electron chi connectivity index (χ3n) is 16.8. The summed E-state index contributed by atoms with van der Waals surface area (Å²) >= 11 is 0. The van der Waals surface area contributed by atoms with Crippen LogP contribution in [0.2, 0.25) is 0 Å². The van der Waals surface area contributed by atoms with Crippen molar-refractivity contribution in [1.29, 1.82) is 0 Å². The van der Waals surface area contributed by atoms with Crippen LogP contribution in [0.4, 0.5) is 0 Å². The lowest BCUT2D eigenvalue weighted by atomic mass is 9.92. The first-order chi connectivity index (χ1) is 41.1. The van der Waals surface area contributed by atoms with E-state index in [2.05, 4.69) is 26.6 Å². The van der Waals surface area contributed by atoms with Crippen molar-refractivity contribution < 1.29 is 57.8 Å². The summed E-state index contributed by atoms with van der Waals surface area (Å²) in [6.45, 7) is 35.5. The van der Waals surface area contributed by atoms with Crippen LogP contribution >= 0.6 is 0 Å². The van der Waals surface area contributed by atoms with Crippen LogP contribution in [0.3, 0.4) is 0 Å². The minimum absolute atomic E-state index is 0.0153. The summed E-state index contributed by atoms with van der Waals surface area (Å²) in [5.41, 5.74) is 0. The Morgan fingerprint density at radius 1 is 0.416 bits per heavy atom. The molecule has 23 nitrogen and oxygen atoms in total. The molecule has 0 aromatic heterocycles. The van der Waals surface area contributed by atoms with E-state index in [-0.39, 0.29) is 74.7 Å². The second-order valence-electron chi connectivity index (χ2n) is 27.7. The van der Waals surface area contributed by atoms with Crippen LogP contribution in [0.25, 0.3) is 0 Å². The summed E-state index contributed by atoms with van der Waals surface area (Å²) in [6.07, 6.45) is 3.14. The normalized spacial score (nSPS) is 27.0. The van der Waals surface area contributed by atoms with Crippen molar-refractivity contribution >= 4 is 65.0 Å². The Kier molecular flexibility index (Phi) is 33.9. The molecule has 0 radical (unpaired) electrons. The minimum Gasteiger partial charge on any atom is -0.390 e. The van der Waals surface area contributed by atoms with E-state index in [4.69, 9.17) is 0 Å². The van der Waals surface area contributed by atoms with Gasteiger partial charge in [0.2, 0.25) is 65.0 Å². The summed E-state index contributed by atoms with van der Waals surface area (Å²) in [4.78, 5) is 170. The largest absolute Gasteiger partial charge is 0.390 e. The smallest absolute Gasteiger partial charge is 0.246 e. The highest BCUT2D eigenvalue weighted by Gasteiger charge is 2.45. The Morgan fingerprint density at radius 3 is 1.25 bits per heavy atom. The number of allylic oxidation sites excluding steroid dienone is 2. The maximum atomic E-state index is 15.3. The highest BCUT2D eigenvalue weighted by atomic mass is 16.3. The quantitative estimate of drug-likeness (QED) is 0.102. The van der Waals surface area contributed by atoms with E-state index in [1.54, 1.807) is 67.5 Å². The number of hydrogen-bond donors (Lipinski definition) is 6. The topological polar surface area (TPSA) is 288 Å². The van der Waals surface area contributed by atoms with E-state index in [0.717, 1.165) is 0 Å². The summed E-state index contributed by atoms with van der Waals surface area (Å²) in [7, 11) is 7.24. The molecule has 1 saturated heterocycles. The molecular weight excluding hydrogens is 1140 g/mol. The molecule has 0 aromatic rings. The number of rotatable bonds is 18. The zero-order chi connectivity index (χ0) is 69.0. The molecule has 0 aromatic carbocycles. The monoisotopic (exact) mass is 1260 g/mol. The first kappa shape index (κ1) is 80.9. The Balaban J connectivity index is 4.47. The summed E-state index contributed by atoms with van der Waals surface area (Å²) in [5, 5.41) is 26.0. The molecule has 0 aliphatic carbocycles. The van der Waals surface area contributed by atoms with Gasteiger partial charge in [-0.05, 0) is 120 Å². The van der Waals surface area contributed by atoms with Crippen LogP contribution in [0.5, 0.6) is 0 Å². The van der Waals surface area contributed by atoms with Crippen molar-refractivity contribution in [2.75, 3.05) is 41.8 Å². The predicted molar refractivity (Wildman–Crippen MR) is 347 cm³/mol. The molecule has 2 unspecified atom stereocenters. The number of aliphatic hydroxyl groups is 1. The van der Waals surface area contributed by atoms with E-state index in [0.29, 0.717) is 6.42 Å². The molecule has 1 aliphatic heterocycles. The van der Waals surface area contributed by atoms with E-state index in [9.17, 15) is 48.3 Å². The van der Waals surface area contributed by atoms with E-state index >= 15 is 9.59 Å². The molecular formula is C66H119N11O12. The number of hydrogen-bond acceptors (Lipinski definition) is 12. The number of likely N-dealkylation sites (N-methyl/N-ethyl adjacent to an activating group) is 6. The van der Waals surface area contributed by atoms with Gasteiger partial charge in [-0.1, -0.05) is 123 Å². The third-order valence-corrected chi connectivity index (χ3v) is 16.8. The molecule has 1 fully saturated rings. The van der Waals surface area contributed by atoms with Crippen LogP contribution < -0.4 is 26.6 Å². The van der Waals surface area contributed by atoms with Gasteiger partial charge in [0.05, 0.1) is 6.10 Å². The molecule has 1 heterocycles. The second-order valence-corrected chi connectivity index (χ2v) is 27.7. The molecule has 23 heteroatoms. The lowest BCUT2D eigenvalue weighted by molar-refractivity contribution is -0.154. The van der Waals surface area contributed by atoms with Crippen LogP contribution in [0.1, 0.15) is 183 Å².